The second-order valence-corrected chi connectivity index (χ2v) is 7.49. The first kappa shape index (κ1) is 19.5. The van der Waals surface area contributed by atoms with E-state index in [-0.39, 0.29) is 11.9 Å². The van der Waals surface area contributed by atoms with E-state index in [2.05, 4.69) is 27.9 Å². The fourth-order valence-corrected chi connectivity index (χ4v) is 3.46. The van der Waals surface area contributed by atoms with Gasteiger partial charge in [0, 0.05) is 26.7 Å². The molecule has 142 valence electrons. The highest BCUT2D eigenvalue weighted by molar-refractivity contribution is 6.06. The molecule has 3 amide bonds. The summed E-state index contributed by atoms with van der Waals surface area (Å²) in [6, 6.07) is -0.285. The summed E-state index contributed by atoms with van der Waals surface area (Å²) in [6.45, 7) is 7.97. The Morgan fingerprint density at radius 1 is 1.24 bits per heavy atom. The molecule has 2 fully saturated rings. The van der Waals surface area contributed by atoms with E-state index < -0.39 is 5.54 Å². The fraction of sp³-hybridized carbons (Fsp3) is 0.833. The minimum Gasteiger partial charge on any atom is -0.356 e. The number of carbonyl (C=O) groups is 2. The molecule has 0 bridgehead atoms. The van der Waals surface area contributed by atoms with Crippen LogP contribution in [0.15, 0.2) is 4.99 Å². The molecule has 1 aliphatic carbocycles. The summed E-state index contributed by atoms with van der Waals surface area (Å²) in [7, 11) is 1.76. The number of imide groups is 1. The van der Waals surface area contributed by atoms with Gasteiger partial charge >= 0.3 is 6.03 Å². The lowest BCUT2D eigenvalue weighted by atomic mass is 9.67. The SMILES string of the molecule is CCC1(CNC(=NC)NCCCN2C(=O)NC(C)(CC)C2=O)CCC1. The first-order chi connectivity index (χ1) is 11.9. The third-order valence-electron chi connectivity index (χ3n) is 5.92. The standard InChI is InChI=1S/C18H33N5O2/c1-5-17(3)14(24)23(16(25)22-17)12-8-11-20-15(19-4)21-13-18(6-2)9-7-10-18/h5-13H2,1-4H3,(H,22,25)(H2,19,20,21). The van der Waals surface area contributed by atoms with E-state index in [1.54, 1.807) is 14.0 Å². The van der Waals surface area contributed by atoms with Gasteiger partial charge in [0.25, 0.3) is 5.91 Å². The Morgan fingerprint density at radius 3 is 2.44 bits per heavy atom. The van der Waals surface area contributed by atoms with Crippen LogP contribution in [0.3, 0.4) is 0 Å². The van der Waals surface area contributed by atoms with Crippen molar-refractivity contribution in [2.45, 2.75) is 64.8 Å². The minimum atomic E-state index is -0.751. The molecule has 1 saturated carbocycles. The number of carbonyl (C=O) groups excluding carboxylic acids is 2. The summed E-state index contributed by atoms with van der Waals surface area (Å²) in [4.78, 5) is 29.9. The molecular formula is C18H33N5O2. The first-order valence-electron chi connectivity index (χ1n) is 9.48. The summed E-state index contributed by atoms with van der Waals surface area (Å²) in [5, 5.41) is 9.46. The number of hydrogen-bond donors (Lipinski definition) is 3. The predicted molar refractivity (Wildman–Crippen MR) is 99.5 cm³/mol. The van der Waals surface area contributed by atoms with Gasteiger partial charge in [-0.15, -0.1) is 0 Å². The monoisotopic (exact) mass is 351 g/mol. The van der Waals surface area contributed by atoms with Crippen molar-refractivity contribution in [2.75, 3.05) is 26.7 Å². The van der Waals surface area contributed by atoms with Gasteiger partial charge in [0.15, 0.2) is 5.96 Å². The number of rotatable bonds is 8. The van der Waals surface area contributed by atoms with E-state index in [0.29, 0.717) is 31.3 Å². The Balaban J connectivity index is 1.71. The van der Waals surface area contributed by atoms with Gasteiger partial charge in [-0.3, -0.25) is 14.7 Å². The van der Waals surface area contributed by atoms with E-state index in [1.165, 1.54) is 30.6 Å². The number of nitrogens with one attached hydrogen (secondary N) is 3. The molecule has 7 heteroatoms. The highest BCUT2D eigenvalue weighted by atomic mass is 16.2. The second-order valence-electron chi connectivity index (χ2n) is 7.49. The normalized spacial score (nSPS) is 25.6. The van der Waals surface area contributed by atoms with Crippen molar-refractivity contribution in [3.63, 3.8) is 0 Å². The van der Waals surface area contributed by atoms with Crippen LogP contribution in [0.4, 0.5) is 4.79 Å². The number of hydrogen-bond acceptors (Lipinski definition) is 3. The molecule has 2 aliphatic rings. The second kappa shape index (κ2) is 8.06. The first-order valence-corrected chi connectivity index (χ1v) is 9.48. The summed E-state index contributed by atoms with van der Waals surface area (Å²) < 4.78 is 0. The fourth-order valence-electron chi connectivity index (χ4n) is 3.46. The van der Waals surface area contributed by atoms with Crippen molar-refractivity contribution in [1.82, 2.24) is 20.9 Å². The highest BCUT2D eigenvalue weighted by Gasteiger charge is 2.45. The summed E-state index contributed by atoms with van der Waals surface area (Å²) in [6.07, 6.45) is 6.38. The average molecular weight is 351 g/mol. The molecule has 1 atom stereocenters. The van der Waals surface area contributed by atoms with Gasteiger partial charge in [-0.25, -0.2) is 4.79 Å². The Labute approximate surface area is 151 Å². The van der Waals surface area contributed by atoms with Gasteiger partial charge in [-0.05, 0) is 44.4 Å². The maximum Gasteiger partial charge on any atom is 0.325 e. The smallest absolute Gasteiger partial charge is 0.325 e. The van der Waals surface area contributed by atoms with E-state index in [0.717, 1.165) is 12.5 Å². The zero-order valence-corrected chi connectivity index (χ0v) is 16.1. The molecule has 1 heterocycles. The topological polar surface area (TPSA) is 85.8 Å². The number of amides is 3. The lowest BCUT2D eigenvalue weighted by molar-refractivity contribution is -0.130. The lowest BCUT2D eigenvalue weighted by Crippen LogP contribution is -2.46. The Hall–Kier alpha value is -1.79. The third-order valence-corrected chi connectivity index (χ3v) is 5.92. The van der Waals surface area contributed by atoms with Crippen LogP contribution in [0, 0.1) is 5.41 Å². The van der Waals surface area contributed by atoms with Gasteiger partial charge in [-0.2, -0.15) is 0 Å². The van der Waals surface area contributed by atoms with Crippen molar-refractivity contribution < 1.29 is 9.59 Å². The van der Waals surface area contributed by atoms with Crippen LogP contribution in [0.5, 0.6) is 0 Å². The molecular weight excluding hydrogens is 318 g/mol. The third kappa shape index (κ3) is 4.25. The number of nitrogens with zero attached hydrogens (tertiary/aromatic N) is 2. The Morgan fingerprint density at radius 2 is 1.96 bits per heavy atom. The van der Waals surface area contributed by atoms with Crippen LogP contribution >= 0.6 is 0 Å². The minimum absolute atomic E-state index is 0.127. The van der Waals surface area contributed by atoms with Crippen molar-refractivity contribution in [1.29, 1.82) is 0 Å². The lowest BCUT2D eigenvalue weighted by Gasteiger charge is -2.41. The van der Waals surface area contributed by atoms with E-state index in [4.69, 9.17) is 0 Å². The van der Waals surface area contributed by atoms with Gasteiger partial charge in [0.1, 0.15) is 5.54 Å². The molecule has 0 aromatic heterocycles. The van der Waals surface area contributed by atoms with Crippen LogP contribution in [0.1, 0.15) is 59.3 Å². The van der Waals surface area contributed by atoms with E-state index in [9.17, 15) is 9.59 Å². The zero-order chi connectivity index (χ0) is 18.5. The summed E-state index contributed by atoms with van der Waals surface area (Å²) in [5.41, 5.74) is -0.318. The molecule has 2 rings (SSSR count). The molecule has 0 aromatic rings. The summed E-state index contributed by atoms with van der Waals surface area (Å²) in [5.74, 6) is 0.660. The molecule has 1 saturated heterocycles. The predicted octanol–water partition coefficient (Wildman–Crippen LogP) is 1.84. The van der Waals surface area contributed by atoms with Crippen LogP contribution in [0.25, 0.3) is 0 Å². The number of urea groups is 1. The van der Waals surface area contributed by atoms with Crippen LogP contribution < -0.4 is 16.0 Å². The van der Waals surface area contributed by atoms with Crippen molar-refractivity contribution in [3.05, 3.63) is 0 Å². The van der Waals surface area contributed by atoms with Crippen LogP contribution in [-0.4, -0.2) is 55.0 Å². The highest BCUT2D eigenvalue weighted by Crippen LogP contribution is 2.42. The van der Waals surface area contributed by atoms with Crippen molar-refractivity contribution >= 4 is 17.9 Å². The molecule has 7 nitrogen and oxygen atoms in total. The zero-order valence-electron chi connectivity index (χ0n) is 16.1. The van der Waals surface area contributed by atoms with Gasteiger partial charge < -0.3 is 16.0 Å². The van der Waals surface area contributed by atoms with Crippen LogP contribution in [0.2, 0.25) is 0 Å². The van der Waals surface area contributed by atoms with Gasteiger partial charge in [0.05, 0.1) is 0 Å². The van der Waals surface area contributed by atoms with Crippen molar-refractivity contribution in [3.8, 4) is 0 Å². The Bertz CT molecular complexity index is 524. The Kier molecular flexibility index (Phi) is 6.30. The van der Waals surface area contributed by atoms with E-state index in [1.807, 2.05) is 6.92 Å². The number of aliphatic imine (C=N–C) groups is 1. The maximum atomic E-state index is 12.3. The molecule has 25 heavy (non-hydrogen) atoms. The average Bonchev–Trinajstić information content (AvgIpc) is 2.79. The molecule has 0 aromatic carbocycles. The van der Waals surface area contributed by atoms with Crippen LogP contribution in [-0.2, 0) is 4.79 Å². The quantitative estimate of drug-likeness (QED) is 0.270. The molecule has 0 radical (unpaired) electrons. The van der Waals surface area contributed by atoms with Crippen molar-refractivity contribution in [2.24, 2.45) is 10.4 Å². The molecule has 1 aliphatic heterocycles. The molecule has 3 N–H and O–H groups in total. The molecule has 1 unspecified atom stereocenters. The van der Waals surface area contributed by atoms with Gasteiger partial charge in [0.2, 0.25) is 0 Å². The molecule has 0 spiro atoms. The van der Waals surface area contributed by atoms with E-state index >= 15 is 0 Å². The summed E-state index contributed by atoms with van der Waals surface area (Å²) >= 11 is 0. The largest absolute Gasteiger partial charge is 0.356 e. The van der Waals surface area contributed by atoms with Gasteiger partial charge in [-0.1, -0.05) is 20.3 Å². The maximum absolute atomic E-state index is 12.3. The number of guanidine groups is 1.